The molecule has 2 aliphatic heterocycles. The Bertz CT molecular complexity index is 2170. The minimum Gasteiger partial charge on any atom is -0.409 e. The van der Waals surface area contributed by atoms with E-state index in [1.54, 1.807) is 11.1 Å². The summed E-state index contributed by atoms with van der Waals surface area (Å²) in [5, 5.41) is 2.14. The van der Waals surface area contributed by atoms with Crippen LogP contribution >= 0.6 is 0 Å². The van der Waals surface area contributed by atoms with Crippen molar-refractivity contribution in [3.8, 4) is 16.9 Å². The van der Waals surface area contributed by atoms with Crippen LogP contribution < -0.4 is 26.0 Å². The van der Waals surface area contributed by atoms with E-state index in [4.69, 9.17) is 4.74 Å². The third kappa shape index (κ3) is 3.11. The lowest BCUT2D eigenvalue weighted by Gasteiger charge is -2.39. The van der Waals surface area contributed by atoms with E-state index < -0.39 is 0 Å². The van der Waals surface area contributed by atoms with Crippen molar-refractivity contribution >= 4 is 51.3 Å². The summed E-state index contributed by atoms with van der Waals surface area (Å²) >= 11 is 0. The van der Waals surface area contributed by atoms with Crippen molar-refractivity contribution in [2.75, 3.05) is 4.90 Å². The molecule has 0 aromatic heterocycles. The maximum atomic E-state index is 14.0. The number of benzene rings is 5. The smallest absolute Gasteiger partial charge is 0.409 e. The van der Waals surface area contributed by atoms with E-state index in [1.165, 1.54) is 70.7 Å². The van der Waals surface area contributed by atoms with Gasteiger partial charge >= 0.3 is 6.09 Å². The topological polar surface area (TPSA) is 29.5 Å². The van der Waals surface area contributed by atoms with Gasteiger partial charge < -0.3 is 4.74 Å². The number of carbonyl (C=O) groups is 1. The average molecular weight is 584 g/mol. The van der Waals surface area contributed by atoms with E-state index in [0.717, 1.165) is 39.9 Å². The van der Waals surface area contributed by atoms with Gasteiger partial charge in [-0.3, -0.25) is 0 Å². The number of anilines is 2. The van der Waals surface area contributed by atoms with Gasteiger partial charge in [0, 0.05) is 16.5 Å². The van der Waals surface area contributed by atoms with Gasteiger partial charge in [0.1, 0.15) is 5.75 Å². The lowest BCUT2D eigenvalue weighted by atomic mass is 9.34. The lowest BCUT2D eigenvalue weighted by Crippen LogP contribution is -2.59. The van der Waals surface area contributed by atoms with E-state index in [0.29, 0.717) is 11.7 Å². The molecule has 4 heteroatoms. The summed E-state index contributed by atoms with van der Waals surface area (Å²) in [5.74, 6) is 3.86. The van der Waals surface area contributed by atoms with Gasteiger partial charge in [0.15, 0.2) is 0 Å². The van der Waals surface area contributed by atoms with Crippen LogP contribution in [0.5, 0.6) is 5.75 Å². The summed E-state index contributed by atoms with van der Waals surface area (Å²) in [4.78, 5) is 15.9. The maximum absolute atomic E-state index is 14.0. The first-order valence-electron chi connectivity index (χ1n) is 16.9. The zero-order valence-electron chi connectivity index (χ0n) is 25.8. The highest BCUT2D eigenvalue weighted by atomic mass is 16.6. The summed E-state index contributed by atoms with van der Waals surface area (Å²) in [6, 6.07) is 31.6. The average Bonchev–Trinajstić information content (AvgIpc) is 3.13. The van der Waals surface area contributed by atoms with Crippen LogP contribution in [-0.2, 0) is 5.41 Å². The Balaban J connectivity index is 1.21. The van der Waals surface area contributed by atoms with Crippen LogP contribution in [0.4, 0.5) is 16.2 Å². The van der Waals surface area contributed by atoms with Crippen LogP contribution in [0.2, 0.25) is 0 Å². The third-order valence-corrected chi connectivity index (χ3v) is 12.7. The fourth-order valence-electron chi connectivity index (χ4n) is 10.9. The standard InChI is InChI=1S/C41H34BNO2/c1-41(2)32-8-4-3-7-29(32)31-20-36-35(21-33(31)41)42(34-13-10-24-6-5-9-37-38(24)39(34)43(36)40(44)45-37)27-11-12-28-25-15-22-14-23(16-25)18-26(17-22)30(28)19-27/h3-13,19-23,25-26H,14-18H2,1-2H3. The SMILES string of the molecule is CC1(C)c2ccccc2-c2cc3c(cc21)B(c1ccc2c(c1)C1CC4CC(CC2C4)C1)c1ccc2cccc4c2c1N3C(=O)O4. The van der Waals surface area contributed by atoms with Crippen LogP contribution in [0, 0.1) is 11.8 Å². The Morgan fingerprint density at radius 2 is 1.53 bits per heavy atom. The number of rotatable bonds is 1. The molecule has 2 fully saturated rings. The van der Waals surface area contributed by atoms with Crippen molar-refractivity contribution in [2.45, 2.75) is 63.2 Å². The molecule has 7 aliphatic rings. The molecule has 5 aromatic carbocycles. The lowest BCUT2D eigenvalue weighted by molar-refractivity contribution is 0.166. The van der Waals surface area contributed by atoms with Crippen molar-refractivity contribution < 1.29 is 9.53 Å². The minimum atomic E-state index is -0.317. The van der Waals surface area contributed by atoms with Gasteiger partial charge in [0.05, 0.1) is 5.69 Å². The van der Waals surface area contributed by atoms with Crippen LogP contribution in [0.1, 0.15) is 80.0 Å². The first kappa shape index (κ1) is 25.0. The maximum Gasteiger partial charge on any atom is 0.424 e. The molecule has 0 saturated heterocycles. The molecule has 3 nitrogen and oxygen atoms in total. The number of carbonyl (C=O) groups excluding carboxylic acids is 1. The molecule has 0 radical (unpaired) electrons. The summed E-state index contributed by atoms with van der Waals surface area (Å²) in [6.45, 7) is 4.72. The zero-order valence-corrected chi connectivity index (χ0v) is 25.8. The van der Waals surface area contributed by atoms with Crippen molar-refractivity contribution in [1.29, 1.82) is 0 Å². The summed E-state index contributed by atoms with van der Waals surface area (Å²) in [7, 11) is 0. The highest BCUT2D eigenvalue weighted by molar-refractivity contribution is 6.98. The minimum absolute atomic E-state index is 0.0300. The fourth-order valence-corrected chi connectivity index (χ4v) is 10.9. The van der Waals surface area contributed by atoms with Crippen LogP contribution in [0.3, 0.4) is 0 Å². The summed E-state index contributed by atoms with van der Waals surface area (Å²) in [5.41, 5.74) is 14.0. The van der Waals surface area contributed by atoms with Crippen molar-refractivity contribution in [2.24, 2.45) is 11.8 Å². The molecule has 2 heterocycles. The van der Waals surface area contributed by atoms with Crippen molar-refractivity contribution in [3.05, 3.63) is 107 Å². The Morgan fingerprint density at radius 1 is 0.733 bits per heavy atom. The van der Waals surface area contributed by atoms with Gasteiger partial charge in [-0.25, -0.2) is 9.69 Å². The molecular weight excluding hydrogens is 549 g/mol. The molecule has 5 aromatic rings. The fraction of sp³-hybridized carbons (Fsp3) is 0.293. The second-order valence-electron chi connectivity index (χ2n) is 15.3. The number of hydrogen-bond donors (Lipinski definition) is 0. The highest BCUT2D eigenvalue weighted by Gasteiger charge is 2.46. The van der Waals surface area contributed by atoms with Gasteiger partial charge in [-0.05, 0) is 118 Å². The highest BCUT2D eigenvalue weighted by Crippen LogP contribution is 2.56. The molecular formula is C41H34BNO2. The number of amides is 1. The van der Waals surface area contributed by atoms with Crippen molar-refractivity contribution in [3.63, 3.8) is 0 Å². The zero-order chi connectivity index (χ0) is 29.8. The Labute approximate surface area is 264 Å². The Hall–Kier alpha value is -4.31. The van der Waals surface area contributed by atoms with E-state index in [9.17, 15) is 4.79 Å². The molecule has 0 N–H and O–H groups in total. The monoisotopic (exact) mass is 583 g/mol. The number of ether oxygens (including phenoxy) is 1. The van der Waals surface area contributed by atoms with Crippen LogP contribution in [-0.4, -0.2) is 12.8 Å². The molecule has 2 atom stereocenters. The molecule has 12 rings (SSSR count). The van der Waals surface area contributed by atoms with Gasteiger partial charge in [0.2, 0.25) is 6.71 Å². The number of hydrogen-bond acceptors (Lipinski definition) is 2. The molecule has 2 unspecified atom stereocenters. The Kier molecular flexibility index (Phi) is 4.59. The van der Waals surface area contributed by atoms with Gasteiger partial charge in [-0.15, -0.1) is 0 Å². The van der Waals surface area contributed by atoms with E-state index in [1.807, 2.05) is 17.0 Å². The second kappa shape index (κ2) is 8.29. The van der Waals surface area contributed by atoms with Crippen LogP contribution in [0.25, 0.3) is 21.9 Å². The van der Waals surface area contributed by atoms with Gasteiger partial charge in [-0.2, -0.15) is 0 Å². The molecule has 218 valence electrons. The molecule has 4 bridgehead atoms. The molecule has 0 spiro atoms. The summed E-state index contributed by atoms with van der Waals surface area (Å²) in [6.07, 6.45) is 6.60. The van der Waals surface area contributed by atoms with E-state index >= 15 is 0 Å². The van der Waals surface area contributed by atoms with Gasteiger partial charge in [0.25, 0.3) is 0 Å². The first-order chi connectivity index (χ1) is 21.9. The predicted octanol–water partition coefficient (Wildman–Crippen LogP) is 8.02. The summed E-state index contributed by atoms with van der Waals surface area (Å²) < 4.78 is 6.06. The first-order valence-corrected chi connectivity index (χ1v) is 16.9. The van der Waals surface area contributed by atoms with Gasteiger partial charge in [-0.1, -0.05) is 92.1 Å². The third-order valence-electron chi connectivity index (χ3n) is 12.7. The number of nitrogens with zero attached hydrogens (tertiary/aromatic N) is 1. The quantitative estimate of drug-likeness (QED) is 0.187. The molecule has 5 aliphatic carbocycles. The normalized spacial score (nSPS) is 25.4. The largest absolute Gasteiger partial charge is 0.424 e. The molecule has 45 heavy (non-hydrogen) atoms. The van der Waals surface area contributed by atoms with E-state index in [2.05, 4.69) is 86.6 Å². The molecule has 2 saturated carbocycles. The molecule has 1 amide bonds. The van der Waals surface area contributed by atoms with E-state index in [-0.39, 0.29) is 18.2 Å². The Morgan fingerprint density at radius 3 is 2.38 bits per heavy atom. The second-order valence-corrected chi connectivity index (χ2v) is 15.3. The van der Waals surface area contributed by atoms with Crippen molar-refractivity contribution in [1.82, 2.24) is 0 Å². The predicted molar refractivity (Wildman–Crippen MR) is 183 cm³/mol. The number of fused-ring (bicyclic) bond motifs is 5. The van der Waals surface area contributed by atoms with Crippen LogP contribution in [0.15, 0.2) is 84.9 Å².